The van der Waals surface area contributed by atoms with Gasteiger partial charge in [0, 0.05) is 19.9 Å². The molecule has 2 aromatic rings. The van der Waals surface area contributed by atoms with E-state index in [0.717, 1.165) is 25.6 Å². The molecule has 0 saturated carbocycles. The van der Waals surface area contributed by atoms with E-state index < -0.39 is 6.10 Å². The summed E-state index contributed by atoms with van der Waals surface area (Å²) in [4.78, 5) is 0. The van der Waals surface area contributed by atoms with Crippen LogP contribution in [0.15, 0.2) is 51.4 Å². The van der Waals surface area contributed by atoms with Crippen LogP contribution in [-0.2, 0) is 0 Å². The quantitative estimate of drug-likeness (QED) is 0.634. The van der Waals surface area contributed by atoms with Crippen molar-refractivity contribution < 1.29 is 5.11 Å². The molecule has 2 aromatic carbocycles. The van der Waals surface area contributed by atoms with Crippen molar-refractivity contribution >= 4 is 49.5 Å². The highest BCUT2D eigenvalue weighted by molar-refractivity contribution is 9.13. The van der Waals surface area contributed by atoms with Crippen LogP contribution < -0.4 is 0 Å². The highest BCUT2D eigenvalue weighted by Gasteiger charge is 2.26. The second-order valence-corrected chi connectivity index (χ2v) is 6.93. The molecule has 0 aromatic heterocycles. The van der Waals surface area contributed by atoms with Gasteiger partial charge in [0.05, 0.1) is 6.10 Å². The Balaban J connectivity index is 2.05. The molecular weight excluding hydrogens is 403 g/mol. The Hall–Kier alpha value is -0.610. The van der Waals surface area contributed by atoms with E-state index in [0.29, 0.717) is 5.02 Å². The van der Waals surface area contributed by atoms with Gasteiger partial charge in [0.25, 0.3) is 0 Å². The number of rotatable bonds is 1. The Kier molecular flexibility index (Phi) is 4.04. The smallest absolute Gasteiger partial charge is 0.0899 e. The van der Waals surface area contributed by atoms with E-state index >= 15 is 0 Å². The fraction of sp³-hybridized carbons (Fsp3) is 0.125. The van der Waals surface area contributed by atoms with Crippen molar-refractivity contribution in [2.45, 2.75) is 12.0 Å². The average molecular weight is 415 g/mol. The van der Waals surface area contributed by atoms with Crippen LogP contribution in [0.1, 0.15) is 28.7 Å². The van der Waals surface area contributed by atoms with Crippen LogP contribution >= 0.6 is 43.5 Å². The lowest BCUT2D eigenvalue weighted by Gasteiger charge is -2.26. The highest BCUT2D eigenvalue weighted by atomic mass is 79.9. The van der Waals surface area contributed by atoms with Gasteiger partial charge < -0.3 is 5.11 Å². The van der Waals surface area contributed by atoms with Crippen molar-refractivity contribution in [3.05, 3.63) is 73.1 Å². The van der Waals surface area contributed by atoms with Crippen LogP contribution in [-0.4, -0.2) is 5.11 Å². The lowest BCUT2D eigenvalue weighted by atomic mass is 9.83. The van der Waals surface area contributed by atoms with E-state index in [1.165, 1.54) is 0 Å². The van der Waals surface area contributed by atoms with Gasteiger partial charge in [-0.1, -0.05) is 35.9 Å². The van der Waals surface area contributed by atoms with Gasteiger partial charge in [-0.3, -0.25) is 0 Å². The van der Waals surface area contributed by atoms with E-state index in [4.69, 9.17) is 11.6 Å². The summed E-state index contributed by atoms with van der Waals surface area (Å²) in [7, 11) is 0. The second-order valence-electron chi connectivity index (χ2n) is 4.78. The normalized spacial score (nSPS) is 20.8. The molecule has 0 bridgehead atoms. The van der Waals surface area contributed by atoms with Gasteiger partial charge in [0.1, 0.15) is 0 Å². The first-order chi connectivity index (χ1) is 9.56. The van der Waals surface area contributed by atoms with Crippen molar-refractivity contribution in [2.75, 3.05) is 0 Å². The fourth-order valence-electron chi connectivity index (χ4n) is 2.49. The van der Waals surface area contributed by atoms with Crippen molar-refractivity contribution in [1.29, 1.82) is 0 Å². The minimum Gasteiger partial charge on any atom is -0.387 e. The maximum absolute atomic E-state index is 10.7. The van der Waals surface area contributed by atoms with Gasteiger partial charge >= 0.3 is 0 Å². The molecule has 20 heavy (non-hydrogen) atoms. The zero-order chi connectivity index (χ0) is 14.3. The standard InChI is InChI=1S/C16H11Br2ClO/c17-14-7-10-4-5-12(9-2-1-3-11(19)6-9)16(20)13(10)8-15(14)18/h1-8,12,16,20H/t12-,16+/m1/s1. The molecule has 1 nitrogen and oxygen atoms in total. The van der Waals surface area contributed by atoms with Crippen LogP contribution in [0, 0.1) is 0 Å². The molecule has 102 valence electrons. The molecule has 0 saturated heterocycles. The van der Waals surface area contributed by atoms with Gasteiger partial charge in [-0.2, -0.15) is 0 Å². The first-order valence-corrected chi connectivity index (χ1v) is 8.13. The number of aliphatic hydroxyl groups excluding tert-OH is 1. The van der Waals surface area contributed by atoms with Gasteiger partial charge in [0.15, 0.2) is 0 Å². The molecule has 0 unspecified atom stereocenters. The molecule has 0 amide bonds. The maximum Gasteiger partial charge on any atom is 0.0899 e. The van der Waals surface area contributed by atoms with Gasteiger partial charge in [-0.05, 0) is 72.8 Å². The Labute approximate surface area is 139 Å². The summed E-state index contributed by atoms with van der Waals surface area (Å²) < 4.78 is 1.92. The molecule has 3 rings (SSSR count). The van der Waals surface area contributed by atoms with Gasteiger partial charge in [-0.15, -0.1) is 0 Å². The third-order valence-corrected chi connectivity index (χ3v) is 5.58. The molecule has 0 heterocycles. The molecule has 4 heteroatoms. The number of aliphatic hydroxyl groups is 1. The lowest BCUT2D eigenvalue weighted by Crippen LogP contribution is -2.13. The lowest BCUT2D eigenvalue weighted by molar-refractivity contribution is 0.160. The first-order valence-electron chi connectivity index (χ1n) is 6.17. The van der Waals surface area contributed by atoms with Crippen LogP contribution in [0.4, 0.5) is 0 Å². The average Bonchev–Trinajstić information content (AvgIpc) is 2.41. The molecule has 1 aliphatic carbocycles. The summed E-state index contributed by atoms with van der Waals surface area (Å²) >= 11 is 13.0. The number of benzene rings is 2. The van der Waals surface area contributed by atoms with E-state index in [9.17, 15) is 5.11 Å². The minimum atomic E-state index is -0.571. The monoisotopic (exact) mass is 412 g/mol. The molecule has 0 fully saturated rings. The van der Waals surface area contributed by atoms with E-state index in [1.54, 1.807) is 0 Å². The third-order valence-electron chi connectivity index (χ3n) is 3.50. The Bertz CT molecular complexity index is 697. The van der Waals surface area contributed by atoms with E-state index in [2.05, 4.69) is 31.9 Å². The van der Waals surface area contributed by atoms with E-state index in [1.807, 2.05) is 48.6 Å². The minimum absolute atomic E-state index is 0.0747. The molecular formula is C16H11Br2ClO. The van der Waals surface area contributed by atoms with Crippen molar-refractivity contribution in [3.63, 3.8) is 0 Å². The zero-order valence-corrected chi connectivity index (χ0v) is 14.3. The molecule has 0 spiro atoms. The summed E-state index contributed by atoms with van der Waals surface area (Å²) in [5, 5.41) is 11.3. The Morgan fingerprint density at radius 2 is 1.80 bits per heavy atom. The SMILES string of the molecule is O[C@@H]1c2cc(Br)c(Br)cc2C=C[C@@H]1c1cccc(Cl)c1. The number of hydrogen-bond donors (Lipinski definition) is 1. The van der Waals surface area contributed by atoms with Crippen molar-refractivity contribution in [3.8, 4) is 0 Å². The summed E-state index contributed by atoms with van der Waals surface area (Å²) in [6, 6.07) is 11.6. The van der Waals surface area contributed by atoms with Gasteiger partial charge in [0.2, 0.25) is 0 Å². The topological polar surface area (TPSA) is 20.2 Å². The number of hydrogen-bond acceptors (Lipinski definition) is 1. The number of fused-ring (bicyclic) bond motifs is 1. The first kappa shape index (κ1) is 14.3. The number of halogens is 3. The summed E-state index contributed by atoms with van der Waals surface area (Å²) in [5.41, 5.74) is 2.98. The molecule has 1 N–H and O–H groups in total. The highest BCUT2D eigenvalue weighted by Crippen LogP contribution is 2.41. The second kappa shape index (κ2) is 5.64. The molecule has 0 radical (unpaired) electrons. The van der Waals surface area contributed by atoms with Crippen LogP contribution in [0.5, 0.6) is 0 Å². The fourth-order valence-corrected chi connectivity index (χ4v) is 3.41. The third kappa shape index (κ3) is 2.60. The predicted octanol–water partition coefficient (Wildman–Crippen LogP) is 5.71. The van der Waals surface area contributed by atoms with Crippen LogP contribution in [0.2, 0.25) is 5.02 Å². The predicted molar refractivity (Wildman–Crippen MR) is 90.0 cm³/mol. The molecule has 1 aliphatic rings. The summed E-state index contributed by atoms with van der Waals surface area (Å²) in [6.45, 7) is 0. The van der Waals surface area contributed by atoms with Crippen molar-refractivity contribution in [2.24, 2.45) is 0 Å². The van der Waals surface area contributed by atoms with Gasteiger partial charge in [-0.25, -0.2) is 0 Å². The molecule has 0 aliphatic heterocycles. The maximum atomic E-state index is 10.7. The van der Waals surface area contributed by atoms with Crippen LogP contribution in [0.3, 0.4) is 0 Å². The molecule has 2 atom stereocenters. The van der Waals surface area contributed by atoms with Crippen molar-refractivity contribution in [1.82, 2.24) is 0 Å². The zero-order valence-electron chi connectivity index (χ0n) is 10.4. The van der Waals surface area contributed by atoms with Crippen LogP contribution in [0.25, 0.3) is 6.08 Å². The summed E-state index contributed by atoms with van der Waals surface area (Å²) in [5.74, 6) is -0.0747. The summed E-state index contributed by atoms with van der Waals surface area (Å²) in [6.07, 6.45) is 3.50. The largest absolute Gasteiger partial charge is 0.387 e. The Morgan fingerprint density at radius 3 is 2.55 bits per heavy atom. The Morgan fingerprint density at radius 1 is 1.05 bits per heavy atom. The van der Waals surface area contributed by atoms with E-state index in [-0.39, 0.29) is 5.92 Å².